The summed E-state index contributed by atoms with van der Waals surface area (Å²) in [4.78, 5) is 31.4. The first-order valence-corrected chi connectivity index (χ1v) is 7.23. The van der Waals surface area contributed by atoms with Gasteiger partial charge in [-0.05, 0) is 22.4 Å². The highest BCUT2D eigenvalue weighted by molar-refractivity contribution is 7.39. The molecule has 0 aliphatic carbocycles. The molecule has 0 aliphatic heterocycles. The van der Waals surface area contributed by atoms with Gasteiger partial charge in [-0.15, -0.1) is 11.3 Å². The molecular formula is C10H12O6PS+. The molecule has 0 bridgehead atoms. The van der Waals surface area contributed by atoms with E-state index in [0.29, 0.717) is 4.88 Å². The quantitative estimate of drug-likeness (QED) is 0.663. The third kappa shape index (κ3) is 3.87. The first-order valence-electron chi connectivity index (χ1n) is 5.06. The normalized spacial score (nSPS) is 14.8. The molecule has 3 atom stereocenters. The molecule has 0 saturated carbocycles. The van der Waals surface area contributed by atoms with Gasteiger partial charge < -0.3 is 10.2 Å². The molecule has 6 nitrogen and oxygen atoms in total. The van der Waals surface area contributed by atoms with Crippen molar-refractivity contribution in [3.63, 3.8) is 0 Å². The van der Waals surface area contributed by atoms with Crippen molar-refractivity contribution in [2.45, 2.75) is 18.5 Å². The average Bonchev–Trinajstić information content (AvgIpc) is 2.75. The summed E-state index contributed by atoms with van der Waals surface area (Å²) in [5.74, 6) is -3.56. The summed E-state index contributed by atoms with van der Waals surface area (Å²) in [5, 5.41) is 19.3. The molecular weight excluding hydrogens is 279 g/mol. The lowest BCUT2D eigenvalue weighted by Gasteiger charge is -2.12. The van der Waals surface area contributed by atoms with Crippen molar-refractivity contribution in [1.82, 2.24) is 0 Å². The van der Waals surface area contributed by atoms with Crippen LogP contribution in [0.2, 0.25) is 0 Å². The van der Waals surface area contributed by atoms with E-state index < -0.39 is 31.5 Å². The Bertz CT molecular complexity index is 443. The van der Waals surface area contributed by atoms with Gasteiger partial charge in [0.25, 0.3) is 0 Å². The van der Waals surface area contributed by atoms with Gasteiger partial charge in [0.15, 0.2) is 0 Å². The lowest BCUT2D eigenvalue weighted by Crippen LogP contribution is -2.21. The number of carboxylic acids is 2. The predicted molar refractivity (Wildman–Crippen MR) is 64.9 cm³/mol. The second-order valence-electron chi connectivity index (χ2n) is 3.64. The zero-order valence-electron chi connectivity index (χ0n) is 9.22. The number of rotatable bonds is 7. The van der Waals surface area contributed by atoms with E-state index in [1.165, 1.54) is 11.3 Å². The molecule has 0 radical (unpaired) electrons. The maximum absolute atomic E-state index is 11.3. The molecule has 3 unspecified atom stereocenters. The summed E-state index contributed by atoms with van der Waals surface area (Å²) in [7, 11) is -2.73. The molecule has 18 heavy (non-hydrogen) atoms. The molecule has 0 amide bonds. The highest BCUT2D eigenvalue weighted by Crippen LogP contribution is 2.46. The average molecular weight is 291 g/mol. The van der Waals surface area contributed by atoms with Gasteiger partial charge in [-0.3, -0.25) is 9.59 Å². The number of thiophene rings is 1. The highest BCUT2D eigenvalue weighted by Gasteiger charge is 2.44. The standard InChI is InChI=1S/C10H11O6PS/c11-8(12)4-3-6(10(13)14)9(17(15)16)7-2-1-5-18-7/h1-2,5-6,9H,3-4H2,(H2-,11,12,13,14,15,16)/p+1. The van der Waals surface area contributed by atoms with Crippen LogP contribution in [-0.2, 0) is 14.2 Å². The largest absolute Gasteiger partial charge is 0.515 e. The summed E-state index contributed by atoms with van der Waals surface area (Å²) < 4.78 is 11.3. The Hall–Kier alpha value is -1.30. The molecule has 0 aliphatic rings. The zero-order chi connectivity index (χ0) is 13.7. The van der Waals surface area contributed by atoms with Crippen molar-refractivity contribution in [2.24, 2.45) is 5.92 Å². The van der Waals surface area contributed by atoms with Crippen LogP contribution in [0.15, 0.2) is 17.5 Å². The van der Waals surface area contributed by atoms with Crippen molar-refractivity contribution in [3.8, 4) is 0 Å². The molecule has 8 heteroatoms. The minimum absolute atomic E-state index is 0.172. The van der Waals surface area contributed by atoms with Crippen molar-refractivity contribution in [1.29, 1.82) is 0 Å². The Morgan fingerprint density at radius 3 is 2.44 bits per heavy atom. The van der Waals surface area contributed by atoms with Crippen LogP contribution in [0, 0.1) is 5.92 Å². The minimum atomic E-state index is -2.73. The van der Waals surface area contributed by atoms with Crippen molar-refractivity contribution in [3.05, 3.63) is 22.4 Å². The van der Waals surface area contributed by atoms with Crippen LogP contribution in [0.25, 0.3) is 0 Å². The van der Waals surface area contributed by atoms with Gasteiger partial charge in [-0.2, -0.15) is 4.89 Å². The van der Waals surface area contributed by atoms with E-state index in [1.807, 2.05) is 0 Å². The van der Waals surface area contributed by atoms with Crippen LogP contribution < -0.4 is 0 Å². The lowest BCUT2D eigenvalue weighted by molar-refractivity contribution is -0.143. The van der Waals surface area contributed by atoms with E-state index >= 15 is 0 Å². The summed E-state index contributed by atoms with van der Waals surface area (Å²) in [6, 6.07) is 3.23. The SMILES string of the molecule is O=C(O)CCC(C(=O)O)C(c1cccs1)[P+](=O)O. The fraction of sp³-hybridized carbons (Fsp3) is 0.400. The Morgan fingerprint density at radius 2 is 2.06 bits per heavy atom. The number of carbonyl (C=O) groups is 2. The Morgan fingerprint density at radius 1 is 1.39 bits per heavy atom. The van der Waals surface area contributed by atoms with E-state index in [4.69, 9.17) is 10.2 Å². The van der Waals surface area contributed by atoms with E-state index in [1.54, 1.807) is 17.5 Å². The first-order chi connectivity index (χ1) is 8.43. The Labute approximate surface area is 108 Å². The first kappa shape index (κ1) is 14.8. The van der Waals surface area contributed by atoms with Crippen LogP contribution in [0.5, 0.6) is 0 Å². The summed E-state index contributed by atoms with van der Waals surface area (Å²) in [5.41, 5.74) is -1.06. The van der Waals surface area contributed by atoms with Crippen LogP contribution in [0.4, 0.5) is 0 Å². The second kappa shape index (κ2) is 6.58. The molecule has 0 fully saturated rings. The van der Waals surface area contributed by atoms with Crippen LogP contribution >= 0.6 is 19.4 Å². The monoisotopic (exact) mass is 291 g/mol. The topological polar surface area (TPSA) is 112 Å². The summed E-state index contributed by atoms with van der Waals surface area (Å²) in [6.07, 6.45) is -0.517. The van der Waals surface area contributed by atoms with Crippen molar-refractivity contribution >= 4 is 31.3 Å². The number of carboxylic acid groups (broad SMARTS) is 2. The molecule has 0 saturated heterocycles. The maximum atomic E-state index is 11.3. The molecule has 1 aromatic rings. The van der Waals surface area contributed by atoms with Crippen LogP contribution in [-0.4, -0.2) is 27.0 Å². The number of hydrogen-bond acceptors (Lipinski definition) is 4. The molecule has 0 spiro atoms. The molecule has 1 rings (SSSR count). The third-order valence-corrected chi connectivity index (χ3v) is 4.68. The maximum Gasteiger partial charge on any atom is 0.515 e. The summed E-state index contributed by atoms with van der Waals surface area (Å²) in [6.45, 7) is 0. The summed E-state index contributed by atoms with van der Waals surface area (Å²) >= 11 is 1.18. The zero-order valence-corrected chi connectivity index (χ0v) is 10.9. The van der Waals surface area contributed by atoms with Crippen molar-refractivity contribution in [2.75, 3.05) is 0 Å². The van der Waals surface area contributed by atoms with Gasteiger partial charge in [-0.25, -0.2) is 0 Å². The highest BCUT2D eigenvalue weighted by atomic mass is 32.1. The van der Waals surface area contributed by atoms with Gasteiger partial charge in [0.2, 0.25) is 5.66 Å². The number of hydrogen-bond donors (Lipinski definition) is 3. The fourth-order valence-electron chi connectivity index (χ4n) is 1.62. The molecule has 1 heterocycles. The van der Waals surface area contributed by atoms with Gasteiger partial charge in [0.1, 0.15) is 5.92 Å². The van der Waals surface area contributed by atoms with E-state index in [0.717, 1.165) is 0 Å². The molecule has 98 valence electrons. The fourth-order valence-corrected chi connectivity index (χ4v) is 3.73. The second-order valence-corrected chi connectivity index (χ2v) is 5.78. The third-order valence-electron chi connectivity index (χ3n) is 2.44. The van der Waals surface area contributed by atoms with E-state index in [2.05, 4.69) is 0 Å². The van der Waals surface area contributed by atoms with E-state index in [-0.39, 0.29) is 12.8 Å². The molecule has 1 aromatic heterocycles. The van der Waals surface area contributed by atoms with Gasteiger partial charge >= 0.3 is 20.0 Å². The van der Waals surface area contributed by atoms with Crippen LogP contribution in [0.1, 0.15) is 23.4 Å². The predicted octanol–water partition coefficient (Wildman–Crippen LogP) is 2.09. The van der Waals surface area contributed by atoms with Gasteiger partial charge in [-0.1, -0.05) is 6.07 Å². The Kier molecular flexibility index (Phi) is 5.40. The molecule has 3 N–H and O–H groups in total. The minimum Gasteiger partial charge on any atom is -0.481 e. The van der Waals surface area contributed by atoms with E-state index in [9.17, 15) is 19.0 Å². The Balaban J connectivity index is 2.96. The van der Waals surface area contributed by atoms with Crippen LogP contribution in [0.3, 0.4) is 0 Å². The van der Waals surface area contributed by atoms with Gasteiger partial charge in [0, 0.05) is 6.42 Å². The van der Waals surface area contributed by atoms with Crippen molar-refractivity contribution < 1.29 is 29.3 Å². The van der Waals surface area contributed by atoms with Gasteiger partial charge in [0.05, 0.1) is 4.88 Å². The lowest BCUT2D eigenvalue weighted by atomic mass is 9.98. The number of aliphatic carboxylic acids is 2. The smallest absolute Gasteiger partial charge is 0.481 e. The molecule has 0 aromatic carbocycles.